The van der Waals surface area contributed by atoms with Gasteiger partial charge in [0.05, 0.1) is 29.1 Å². The summed E-state index contributed by atoms with van der Waals surface area (Å²) < 4.78 is 5.22. The Labute approximate surface area is 152 Å². The number of amides is 1. The molecule has 2 aromatic carbocycles. The zero-order valence-corrected chi connectivity index (χ0v) is 15.0. The maximum atomic E-state index is 13.3. The van der Waals surface area contributed by atoms with Crippen molar-refractivity contribution < 1.29 is 9.53 Å². The van der Waals surface area contributed by atoms with Crippen LogP contribution in [0.2, 0.25) is 5.02 Å². The van der Waals surface area contributed by atoms with E-state index in [1.165, 1.54) is 0 Å². The van der Waals surface area contributed by atoms with Crippen LogP contribution in [0.15, 0.2) is 48.2 Å². The number of fused-ring (bicyclic) bond motifs is 1. The van der Waals surface area contributed by atoms with Crippen molar-refractivity contribution in [2.45, 2.75) is 12.8 Å². The van der Waals surface area contributed by atoms with Gasteiger partial charge < -0.3 is 9.64 Å². The van der Waals surface area contributed by atoms with E-state index in [-0.39, 0.29) is 5.91 Å². The normalized spacial score (nSPS) is 19.6. The second-order valence-electron chi connectivity index (χ2n) is 6.32. The number of methoxy groups -OCH3 is 1. The predicted molar refractivity (Wildman–Crippen MR) is 100 cm³/mol. The average molecular weight is 355 g/mol. The maximum Gasteiger partial charge on any atom is 0.265 e. The Morgan fingerprint density at radius 3 is 2.64 bits per heavy atom. The van der Waals surface area contributed by atoms with Gasteiger partial charge in [0.1, 0.15) is 5.75 Å². The van der Waals surface area contributed by atoms with Crippen molar-refractivity contribution in [3.8, 4) is 5.75 Å². The van der Waals surface area contributed by atoms with E-state index in [0.717, 1.165) is 47.6 Å². The maximum absolute atomic E-state index is 13.3. The van der Waals surface area contributed by atoms with Crippen molar-refractivity contribution in [3.05, 3.63) is 58.7 Å². The number of anilines is 2. The molecule has 25 heavy (non-hydrogen) atoms. The van der Waals surface area contributed by atoms with Gasteiger partial charge in [-0.1, -0.05) is 29.8 Å². The Morgan fingerprint density at radius 2 is 1.96 bits per heavy atom. The Kier molecular flexibility index (Phi) is 3.92. The molecular formula is C20H19ClN2O2. The minimum absolute atomic E-state index is 0.00573. The van der Waals surface area contributed by atoms with Crippen molar-refractivity contribution in [1.82, 2.24) is 4.90 Å². The number of carbonyl (C=O) groups is 1. The van der Waals surface area contributed by atoms with E-state index in [1.807, 2.05) is 30.3 Å². The zero-order chi connectivity index (χ0) is 17.6. The molecule has 5 heteroatoms. The van der Waals surface area contributed by atoms with Crippen molar-refractivity contribution in [1.29, 1.82) is 0 Å². The summed E-state index contributed by atoms with van der Waals surface area (Å²) in [5.74, 6) is 0.602. The summed E-state index contributed by atoms with van der Waals surface area (Å²) in [6.45, 7) is 0.989. The molecule has 2 aliphatic rings. The number of carbonyl (C=O) groups excluding carboxylic acids is 1. The van der Waals surface area contributed by atoms with E-state index in [9.17, 15) is 4.79 Å². The molecule has 0 radical (unpaired) electrons. The molecule has 1 amide bonds. The van der Waals surface area contributed by atoms with Crippen LogP contribution in [0, 0.1) is 0 Å². The van der Waals surface area contributed by atoms with Crippen LogP contribution in [-0.2, 0) is 4.79 Å². The highest BCUT2D eigenvalue weighted by molar-refractivity contribution is 6.36. The first kappa shape index (κ1) is 16.0. The summed E-state index contributed by atoms with van der Waals surface area (Å²) >= 11 is 6.29. The van der Waals surface area contributed by atoms with Crippen molar-refractivity contribution in [2.24, 2.45) is 0 Å². The third kappa shape index (κ3) is 2.48. The van der Waals surface area contributed by atoms with E-state index in [1.54, 1.807) is 24.1 Å². The number of ether oxygens (including phenoxy) is 1. The number of halogens is 1. The second-order valence-corrected chi connectivity index (χ2v) is 6.73. The standard InChI is InChI=1S/C20H19ClN2O2/c1-22-11-5-8-17(22)19-14-6-3-4-7-16(14)23(20(19)24)13-9-10-18(25-2)15(21)12-13/h3-4,6-7,9-10,12H,5,8,11H2,1-2H3. The van der Waals surface area contributed by atoms with E-state index in [0.29, 0.717) is 10.8 Å². The van der Waals surface area contributed by atoms with Crippen molar-refractivity contribution in [3.63, 3.8) is 0 Å². The minimum atomic E-state index is 0.00573. The van der Waals surface area contributed by atoms with E-state index in [2.05, 4.69) is 11.9 Å². The van der Waals surface area contributed by atoms with Crippen LogP contribution in [0.25, 0.3) is 5.57 Å². The summed E-state index contributed by atoms with van der Waals surface area (Å²) in [4.78, 5) is 17.3. The average Bonchev–Trinajstić information content (AvgIpc) is 3.14. The molecule has 4 nitrogen and oxygen atoms in total. The van der Waals surface area contributed by atoms with Crippen LogP contribution in [0.4, 0.5) is 11.4 Å². The number of benzene rings is 2. The van der Waals surface area contributed by atoms with E-state index >= 15 is 0 Å². The molecule has 2 heterocycles. The van der Waals surface area contributed by atoms with Crippen molar-refractivity contribution >= 4 is 34.5 Å². The largest absolute Gasteiger partial charge is 0.495 e. The van der Waals surface area contributed by atoms with Gasteiger partial charge in [-0.15, -0.1) is 0 Å². The summed E-state index contributed by atoms with van der Waals surface area (Å²) in [5, 5.41) is 0.490. The van der Waals surface area contributed by atoms with E-state index in [4.69, 9.17) is 16.3 Å². The van der Waals surface area contributed by atoms with E-state index < -0.39 is 0 Å². The topological polar surface area (TPSA) is 32.8 Å². The Bertz CT molecular complexity index is 891. The number of hydrogen-bond acceptors (Lipinski definition) is 3. The SMILES string of the molecule is COc1ccc(N2C(=O)C(=C3CCCN3C)c3ccccc32)cc1Cl. The smallest absolute Gasteiger partial charge is 0.265 e. The van der Waals surface area contributed by atoms with Gasteiger partial charge >= 0.3 is 0 Å². The minimum Gasteiger partial charge on any atom is -0.495 e. The fourth-order valence-electron chi connectivity index (χ4n) is 3.67. The summed E-state index contributed by atoms with van der Waals surface area (Å²) in [5.41, 5.74) is 4.57. The Balaban J connectivity index is 1.88. The van der Waals surface area contributed by atoms with Gasteiger partial charge in [0.25, 0.3) is 5.91 Å². The molecule has 0 aromatic heterocycles. The highest BCUT2D eigenvalue weighted by Gasteiger charge is 2.37. The van der Waals surface area contributed by atoms with Crippen LogP contribution in [0.1, 0.15) is 18.4 Å². The lowest BCUT2D eigenvalue weighted by Crippen LogP contribution is -2.22. The molecule has 128 valence electrons. The molecule has 0 N–H and O–H groups in total. The quantitative estimate of drug-likeness (QED) is 0.746. The molecule has 4 rings (SSSR count). The molecular weight excluding hydrogens is 336 g/mol. The van der Waals surface area contributed by atoms with Crippen LogP contribution < -0.4 is 9.64 Å². The third-order valence-corrected chi connectivity index (χ3v) is 5.18. The molecule has 0 atom stereocenters. The van der Waals surface area contributed by atoms with Crippen LogP contribution >= 0.6 is 11.6 Å². The van der Waals surface area contributed by atoms with Crippen LogP contribution in [0.3, 0.4) is 0 Å². The molecule has 2 aromatic rings. The molecule has 2 aliphatic heterocycles. The van der Waals surface area contributed by atoms with Gasteiger partial charge in [-0.05, 0) is 37.1 Å². The first-order valence-corrected chi connectivity index (χ1v) is 8.71. The van der Waals surface area contributed by atoms with Gasteiger partial charge in [0, 0.05) is 24.9 Å². The van der Waals surface area contributed by atoms with Gasteiger partial charge in [-0.2, -0.15) is 0 Å². The first-order chi connectivity index (χ1) is 12.1. The number of nitrogens with zero attached hydrogens (tertiary/aromatic N) is 2. The molecule has 0 aliphatic carbocycles. The molecule has 0 saturated carbocycles. The molecule has 0 bridgehead atoms. The lowest BCUT2D eigenvalue weighted by molar-refractivity contribution is -0.112. The molecule has 1 fully saturated rings. The monoisotopic (exact) mass is 354 g/mol. The summed E-state index contributed by atoms with van der Waals surface area (Å²) in [7, 11) is 3.63. The number of para-hydroxylation sites is 1. The van der Waals surface area contributed by atoms with Gasteiger partial charge in [0.15, 0.2) is 0 Å². The summed E-state index contributed by atoms with van der Waals surface area (Å²) in [6.07, 6.45) is 2.02. The zero-order valence-electron chi connectivity index (χ0n) is 14.3. The number of rotatable bonds is 2. The molecule has 1 saturated heterocycles. The highest BCUT2D eigenvalue weighted by atomic mass is 35.5. The fraction of sp³-hybridized carbons (Fsp3) is 0.250. The van der Waals surface area contributed by atoms with Gasteiger partial charge in [-0.25, -0.2) is 0 Å². The molecule has 0 unspecified atom stereocenters. The third-order valence-electron chi connectivity index (χ3n) is 4.88. The van der Waals surface area contributed by atoms with Crippen molar-refractivity contribution in [2.75, 3.05) is 25.6 Å². The number of hydrogen-bond donors (Lipinski definition) is 0. The number of allylic oxidation sites excluding steroid dienone is 1. The Hall–Kier alpha value is -2.46. The lowest BCUT2D eigenvalue weighted by Gasteiger charge is -2.19. The lowest BCUT2D eigenvalue weighted by atomic mass is 10.0. The van der Waals surface area contributed by atoms with Gasteiger partial charge in [-0.3, -0.25) is 9.69 Å². The first-order valence-electron chi connectivity index (χ1n) is 8.33. The molecule has 0 spiro atoms. The summed E-state index contributed by atoms with van der Waals surface area (Å²) in [6, 6.07) is 13.4. The van der Waals surface area contributed by atoms with Crippen LogP contribution in [-0.4, -0.2) is 31.5 Å². The fourth-order valence-corrected chi connectivity index (χ4v) is 3.92. The van der Waals surface area contributed by atoms with Crippen LogP contribution in [0.5, 0.6) is 5.75 Å². The Morgan fingerprint density at radius 1 is 1.16 bits per heavy atom. The highest BCUT2D eigenvalue weighted by Crippen LogP contribution is 2.45. The predicted octanol–water partition coefficient (Wildman–Crippen LogP) is 4.46. The second kappa shape index (κ2) is 6.12. The number of likely N-dealkylation sites (tertiary alicyclic amines) is 1. The van der Waals surface area contributed by atoms with Gasteiger partial charge in [0.2, 0.25) is 0 Å².